The highest BCUT2D eigenvalue weighted by Crippen LogP contribution is 2.39. The Hall–Kier alpha value is -3.23. The fraction of sp³-hybridized carbons (Fsp3) is 0.452. The van der Waals surface area contributed by atoms with Crippen LogP contribution in [0.15, 0.2) is 42.5 Å². The van der Waals surface area contributed by atoms with Gasteiger partial charge in [-0.2, -0.15) is 0 Å². The number of nitrogens with two attached hydrogens (primary N) is 1. The number of hydrogen-bond acceptors (Lipinski definition) is 6. The molecule has 8 heteroatoms. The van der Waals surface area contributed by atoms with Crippen molar-refractivity contribution in [2.45, 2.75) is 59.3 Å². The zero-order chi connectivity index (χ0) is 27.6. The third kappa shape index (κ3) is 6.68. The SMILES string of the molecule is Cc1sc(NC(=O)Cc2cccc(OCCC(C)(C)CCN)c2)nc1-c1ccc2c(c1)CCN2C(=O)C1CC1. The zero-order valence-electron chi connectivity index (χ0n) is 23.1. The van der Waals surface area contributed by atoms with Crippen molar-refractivity contribution in [2.75, 3.05) is 29.9 Å². The predicted molar refractivity (Wildman–Crippen MR) is 157 cm³/mol. The Balaban J connectivity index is 1.19. The minimum atomic E-state index is -0.111. The average Bonchev–Trinajstić information content (AvgIpc) is 3.55. The number of aromatic nitrogens is 1. The van der Waals surface area contributed by atoms with Crippen LogP contribution in [-0.4, -0.2) is 36.5 Å². The molecule has 206 valence electrons. The van der Waals surface area contributed by atoms with Crippen molar-refractivity contribution in [1.29, 1.82) is 0 Å². The van der Waals surface area contributed by atoms with Crippen molar-refractivity contribution in [1.82, 2.24) is 4.98 Å². The smallest absolute Gasteiger partial charge is 0.230 e. The van der Waals surface area contributed by atoms with Gasteiger partial charge in [-0.05, 0) is 86.4 Å². The molecule has 2 aliphatic rings. The molecule has 2 heterocycles. The van der Waals surface area contributed by atoms with Crippen LogP contribution in [0.25, 0.3) is 11.3 Å². The fourth-order valence-corrected chi connectivity index (χ4v) is 5.95. The Kier molecular flexibility index (Phi) is 8.05. The van der Waals surface area contributed by atoms with Crippen LogP contribution in [0.3, 0.4) is 0 Å². The van der Waals surface area contributed by atoms with E-state index in [4.69, 9.17) is 15.5 Å². The molecule has 5 rings (SSSR count). The lowest BCUT2D eigenvalue weighted by Gasteiger charge is -2.23. The fourth-order valence-electron chi connectivity index (χ4n) is 5.10. The maximum atomic E-state index is 12.8. The first-order chi connectivity index (χ1) is 18.7. The second-order valence-corrected chi connectivity index (χ2v) is 12.7. The van der Waals surface area contributed by atoms with E-state index in [2.05, 4.69) is 25.2 Å². The topological polar surface area (TPSA) is 97.5 Å². The van der Waals surface area contributed by atoms with E-state index in [1.807, 2.05) is 48.2 Å². The van der Waals surface area contributed by atoms with Crippen LogP contribution >= 0.6 is 11.3 Å². The van der Waals surface area contributed by atoms with Gasteiger partial charge in [0, 0.05) is 28.6 Å². The van der Waals surface area contributed by atoms with Gasteiger partial charge in [-0.15, -0.1) is 11.3 Å². The molecule has 3 aromatic rings. The van der Waals surface area contributed by atoms with Crippen molar-refractivity contribution in [3.63, 3.8) is 0 Å². The number of thiazole rings is 1. The second kappa shape index (κ2) is 11.5. The van der Waals surface area contributed by atoms with Gasteiger partial charge in [0.1, 0.15) is 5.75 Å². The molecule has 7 nitrogen and oxygen atoms in total. The molecule has 0 radical (unpaired) electrons. The lowest BCUT2D eigenvalue weighted by Crippen LogP contribution is -2.30. The Morgan fingerprint density at radius 3 is 2.77 bits per heavy atom. The van der Waals surface area contributed by atoms with Gasteiger partial charge in [0.25, 0.3) is 0 Å². The van der Waals surface area contributed by atoms with Gasteiger partial charge >= 0.3 is 0 Å². The number of carbonyl (C=O) groups excluding carboxylic acids is 2. The van der Waals surface area contributed by atoms with Crippen molar-refractivity contribution in [3.8, 4) is 17.0 Å². The number of carbonyl (C=O) groups is 2. The van der Waals surface area contributed by atoms with E-state index >= 15 is 0 Å². The van der Waals surface area contributed by atoms with Crippen LogP contribution in [0.5, 0.6) is 5.75 Å². The molecular formula is C31H38N4O3S. The van der Waals surface area contributed by atoms with E-state index in [0.717, 1.165) is 71.8 Å². The number of benzene rings is 2. The van der Waals surface area contributed by atoms with E-state index in [9.17, 15) is 9.59 Å². The van der Waals surface area contributed by atoms with Crippen LogP contribution in [0.4, 0.5) is 10.8 Å². The van der Waals surface area contributed by atoms with E-state index in [1.54, 1.807) is 0 Å². The second-order valence-electron chi connectivity index (χ2n) is 11.5. The molecule has 0 saturated heterocycles. The molecule has 39 heavy (non-hydrogen) atoms. The molecule has 0 unspecified atom stereocenters. The van der Waals surface area contributed by atoms with Crippen molar-refractivity contribution in [2.24, 2.45) is 17.1 Å². The summed E-state index contributed by atoms with van der Waals surface area (Å²) in [5, 5.41) is 3.57. The van der Waals surface area contributed by atoms with Gasteiger partial charge in [-0.1, -0.05) is 32.0 Å². The minimum Gasteiger partial charge on any atom is -0.494 e. The molecule has 0 atom stereocenters. The minimum absolute atomic E-state index is 0.111. The third-order valence-corrected chi connectivity index (χ3v) is 8.50. The van der Waals surface area contributed by atoms with Gasteiger partial charge in [0.05, 0.1) is 18.7 Å². The maximum absolute atomic E-state index is 12.8. The van der Waals surface area contributed by atoms with E-state index in [0.29, 0.717) is 18.3 Å². The highest BCUT2D eigenvalue weighted by atomic mass is 32.1. The van der Waals surface area contributed by atoms with E-state index in [-0.39, 0.29) is 29.6 Å². The normalized spacial score (nSPS) is 14.8. The highest BCUT2D eigenvalue weighted by molar-refractivity contribution is 7.16. The summed E-state index contributed by atoms with van der Waals surface area (Å²) in [6, 6.07) is 13.9. The summed E-state index contributed by atoms with van der Waals surface area (Å²) in [5.74, 6) is 1.14. The molecular weight excluding hydrogens is 508 g/mol. The number of anilines is 2. The average molecular weight is 547 g/mol. The number of rotatable bonds is 11. The molecule has 1 saturated carbocycles. The quantitative estimate of drug-likeness (QED) is 0.320. The van der Waals surface area contributed by atoms with Gasteiger partial charge < -0.3 is 20.7 Å². The van der Waals surface area contributed by atoms with Gasteiger partial charge in [0.2, 0.25) is 11.8 Å². The monoisotopic (exact) mass is 546 g/mol. The lowest BCUT2D eigenvalue weighted by molar-refractivity contribution is -0.119. The molecule has 3 N–H and O–H groups in total. The molecule has 1 aromatic heterocycles. The van der Waals surface area contributed by atoms with Gasteiger partial charge in [-0.25, -0.2) is 4.98 Å². The number of aryl methyl sites for hydroxylation is 1. The molecule has 0 bridgehead atoms. The predicted octanol–water partition coefficient (Wildman–Crippen LogP) is 5.74. The summed E-state index contributed by atoms with van der Waals surface area (Å²) in [6.07, 6.45) is 5.02. The van der Waals surface area contributed by atoms with Crippen LogP contribution < -0.4 is 20.7 Å². The van der Waals surface area contributed by atoms with Crippen molar-refractivity contribution < 1.29 is 14.3 Å². The summed E-state index contributed by atoms with van der Waals surface area (Å²) < 4.78 is 5.96. The summed E-state index contributed by atoms with van der Waals surface area (Å²) in [5.41, 5.74) is 10.8. The van der Waals surface area contributed by atoms with E-state index < -0.39 is 0 Å². The lowest BCUT2D eigenvalue weighted by atomic mass is 9.86. The van der Waals surface area contributed by atoms with Crippen LogP contribution in [0.1, 0.15) is 55.5 Å². The Morgan fingerprint density at radius 1 is 1.18 bits per heavy atom. The summed E-state index contributed by atoms with van der Waals surface area (Å²) in [6.45, 7) is 8.46. The largest absolute Gasteiger partial charge is 0.494 e. The van der Waals surface area contributed by atoms with Crippen molar-refractivity contribution >= 4 is 34.0 Å². The van der Waals surface area contributed by atoms with Gasteiger partial charge in [-0.3, -0.25) is 9.59 Å². The summed E-state index contributed by atoms with van der Waals surface area (Å²) >= 11 is 1.48. The van der Waals surface area contributed by atoms with Crippen LogP contribution in [0.2, 0.25) is 0 Å². The number of nitrogens with one attached hydrogen (secondary N) is 1. The molecule has 0 spiro atoms. The number of ether oxygens (including phenoxy) is 1. The molecule has 1 aliphatic carbocycles. The highest BCUT2D eigenvalue weighted by Gasteiger charge is 2.36. The number of nitrogens with zero attached hydrogens (tertiary/aromatic N) is 2. The zero-order valence-corrected chi connectivity index (χ0v) is 23.9. The molecule has 1 aliphatic heterocycles. The first-order valence-electron chi connectivity index (χ1n) is 13.9. The molecule has 2 amide bonds. The number of amides is 2. The summed E-state index contributed by atoms with van der Waals surface area (Å²) in [7, 11) is 0. The van der Waals surface area contributed by atoms with Crippen LogP contribution in [-0.2, 0) is 22.4 Å². The molecule has 2 aromatic carbocycles. The Morgan fingerprint density at radius 2 is 2.00 bits per heavy atom. The summed E-state index contributed by atoms with van der Waals surface area (Å²) in [4.78, 5) is 33.2. The van der Waals surface area contributed by atoms with E-state index in [1.165, 1.54) is 16.9 Å². The first kappa shape index (κ1) is 27.3. The number of hydrogen-bond donors (Lipinski definition) is 2. The first-order valence-corrected chi connectivity index (χ1v) is 14.7. The Labute approximate surface area is 234 Å². The number of fused-ring (bicyclic) bond motifs is 1. The van der Waals surface area contributed by atoms with Gasteiger partial charge in [0.15, 0.2) is 5.13 Å². The molecule has 1 fully saturated rings. The van der Waals surface area contributed by atoms with Crippen molar-refractivity contribution in [3.05, 3.63) is 58.5 Å². The standard InChI is InChI=1S/C31H38N4O3S/c1-20-28(24-9-10-26-23(19-24)11-15-35(26)29(37)22-7-8-22)34-30(39-20)33-27(36)18-21-5-4-6-25(17-21)38-16-13-31(2,3)12-14-32/h4-6,9-10,17,19,22H,7-8,11-16,18,32H2,1-3H3,(H,33,34,36). The maximum Gasteiger partial charge on any atom is 0.230 e. The third-order valence-electron chi connectivity index (χ3n) is 7.62. The van der Waals surface area contributed by atoms with Crippen LogP contribution in [0, 0.1) is 18.3 Å². The Bertz CT molecular complexity index is 1360.